The third kappa shape index (κ3) is 4.49. The smallest absolute Gasteiger partial charge is 0.417 e. The molecule has 1 aromatic heterocycles. The first kappa shape index (κ1) is 27.2. The van der Waals surface area contributed by atoms with Gasteiger partial charge in [-0.3, -0.25) is 4.79 Å². The fraction of sp³-hybridized carbons (Fsp3) is 0.158. The van der Waals surface area contributed by atoms with Gasteiger partial charge in [0.2, 0.25) is 11.7 Å². The fourth-order valence-electron chi connectivity index (χ4n) is 3.08. The van der Waals surface area contributed by atoms with E-state index in [1.165, 1.54) is 0 Å². The third-order valence-corrected chi connectivity index (χ3v) is 4.47. The van der Waals surface area contributed by atoms with Crippen LogP contribution in [0.15, 0.2) is 24.3 Å². The summed E-state index contributed by atoms with van der Waals surface area (Å²) >= 11 is 0. The molecular weight excluding hydrogens is 533 g/mol. The van der Waals surface area contributed by atoms with Crippen molar-refractivity contribution in [2.24, 2.45) is 0 Å². The molecule has 15 heteroatoms. The van der Waals surface area contributed by atoms with Crippen LogP contribution >= 0.6 is 0 Å². The normalized spacial score (nSPS) is 12.0. The molecule has 3 rings (SSSR count). The van der Waals surface area contributed by atoms with E-state index in [4.69, 9.17) is 0 Å². The Balaban J connectivity index is 0.00000408. The molecule has 0 aliphatic heterocycles. The molecule has 3 aromatic rings. The zero-order valence-corrected chi connectivity index (χ0v) is 17.4. The van der Waals surface area contributed by atoms with Crippen LogP contribution in [0.4, 0.5) is 43.9 Å². The number of halogens is 10. The van der Waals surface area contributed by atoms with Crippen LogP contribution < -0.4 is 0 Å². The Hall–Kier alpha value is -3.06. The SMILES string of the molecule is Cc1nn(-c2c(F)c(F)cc(F)c2F)c(O)c1C(=O)c1c(C(F)(F)F)cccc1C(F)(F)F.[Mn]. The minimum Gasteiger partial charge on any atom is -0.493 e. The average molecular weight is 541 g/mol. The summed E-state index contributed by atoms with van der Waals surface area (Å²) in [4.78, 5) is 12.8. The van der Waals surface area contributed by atoms with Gasteiger partial charge in [0, 0.05) is 28.7 Å². The number of hydrogen-bond donors (Lipinski definition) is 1. The molecule has 0 bridgehead atoms. The van der Waals surface area contributed by atoms with Crippen LogP contribution in [0.5, 0.6) is 5.88 Å². The fourth-order valence-corrected chi connectivity index (χ4v) is 3.08. The molecule has 1 heterocycles. The van der Waals surface area contributed by atoms with E-state index in [1.807, 2.05) is 0 Å². The molecule has 183 valence electrons. The number of alkyl halides is 6. The van der Waals surface area contributed by atoms with Gasteiger partial charge in [-0.25, -0.2) is 17.6 Å². The largest absolute Gasteiger partial charge is 0.493 e. The van der Waals surface area contributed by atoms with Gasteiger partial charge in [0.1, 0.15) is 11.3 Å². The summed E-state index contributed by atoms with van der Waals surface area (Å²) in [6.07, 6.45) is -10.9. The van der Waals surface area contributed by atoms with E-state index < -0.39 is 80.9 Å². The molecule has 1 N–H and O–H groups in total. The summed E-state index contributed by atoms with van der Waals surface area (Å²) < 4.78 is 135. The van der Waals surface area contributed by atoms with Gasteiger partial charge in [-0.05, 0) is 19.1 Å². The zero-order chi connectivity index (χ0) is 25.0. The van der Waals surface area contributed by atoms with Crippen LogP contribution in [0, 0.1) is 30.2 Å². The second kappa shape index (κ2) is 8.95. The van der Waals surface area contributed by atoms with E-state index in [1.54, 1.807) is 0 Å². The Morgan fingerprint density at radius 3 is 1.74 bits per heavy atom. The van der Waals surface area contributed by atoms with Crippen LogP contribution in [-0.2, 0) is 29.4 Å². The van der Waals surface area contributed by atoms with Gasteiger partial charge in [0.15, 0.2) is 23.3 Å². The molecule has 4 nitrogen and oxygen atoms in total. The maximum atomic E-state index is 14.1. The maximum Gasteiger partial charge on any atom is 0.417 e. The summed E-state index contributed by atoms with van der Waals surface area (Å²) in [7, 11) is 0. The van der Waals surface area contributed by atoms with Crippen molar-refractivity contribution < 1.29 is 70.9 Å². The predicted octanol–water partition coefficient (Wildman–Crippen LogP) is 5.71. The Labute approximate surface area is 193 Å². The molecule has 34 heavy (non-hydrogen) atoms. The van der Waals surface area contributed by atoms with Crippen molar-refractivity contribution in [1.82, 2.24) is 9.78 Å². The minimum atomic E-state index is -5.45. The van der Waals surface area contributed by atoms with Crippen molar-refractivity contribution in [1.29, 1.82) is 0 Å². The van der Waals surface area contributed by atoms with Crippen molar-refractivity contribution in [2.75, 3.05) is 0 Å². The van der Waals surface area contributed by atoms with Gasteiger partial charge in [-0.2, -0.15) is 36.1 Å². The van der Waals surface area contributed by atoms with E-state index in [2.05, 4.69) is 5.10 Å². The van der Waals surface area contributed by atoms with Gasteiger partial charge in [0.25, 0.3) is 0 Å². The van der Waals surface area contributed by atoms with Crippen LogP contribution in [0.2, 0.25) is 0 Å². The molecule has 0 aliphatic carbocycles. The molecule has 0 saturated heterocycles. The summed E-state index contributed by atoms with van der Waals surface area (Å²) in [6, 6.07) is 0.572. The first-order chi connectivity index (χ1) is 15.1. The van der Waals surface area contributed by atoms with Gasteiger partial charge >= 0.3 is 12.4 Å². The molecule has 0 atom stereocenters. The summed E-state index contributed by atoms with van der Waals surface area (Å²) in [6.45, 7) is 0.804. The first-order valence-corrected chi connectivity index (χ1v) is 8.51. The van der Waals surface area contributed by atoms with Crippen molar-refractivity contribution >= 4 is 5.78 Å². The van der Waals surface area contributed by atoms with Crippen molar-refractivity contribution in [2.45, 2.75) is 19.3 Å². The first-order valence-electron chi connectivity index (χ1n) is 8.51. The number of carbonyl (C=O) groups excluding carboxylic acids is 1. The Kier molecular flexibility index (Phi) is 7.15. The molecule has 0 amide bonds. The van der Waals surface area contributed by atoms with E-state index >= 15 is 0 Å². The molecular formula is C19H8F10MnN2O2. The van der Waals surface area contributed by atoms with Crippen LogP contribution in [0.3, 0.4) is 0 Å². The van der Waals surface area contributed by atoms with Crippen molar-refractivity contribution in [3.63, 3.8) is 0 Å². The van der Waals surface area contributed by atoms with Crippen molar-refractivity contribution in [3.05, 3.63) is 75.5 Å². The summed E-state index contributed by atoms with van der Waals surface area (Å²) in [5.74, 6) is -11.8. The molecule has 0 unspecified atom stereocenters. The number of aromatic nitrogens is 2. The quantitative estimate of drug-likeness (QED) is 0.200. The second-order valence-electron chi connectivity index (χ2n) is 6.57. The standard InChI is InChI=1S/C19H8F10N2O2.Mn/c1-6-11(17(33)31(30-6)15-13(22)9(20)5-10(21)14(15)23)16(32)12-7(18(24,25)26)3-2-4-8(12)19(27,28)29;/h2-5,33H,1H3;. The number of ketones is 1. The monoisotopic (exact) mass is 541 g/mol. The van der Waals surface area contributed by atoms with Crippen molar-refractivity contribution in [3.8, 4) is 11.6 Å². The predicted molar refractivity (Wildman–Crippen MR) is 89.7 cm³/mol. The molecule has 2 aromatic carbocycles. The van der Waals surface area contributed by atoms with E-state index in [9.17, 15) is 53.8 Å². The molecule has 1 radical (unpaired) electrons. The maximum absolute atomic E-state index is 14.1. The Morgan fingerprint density at radius 2 is 1.32 bits per heavy atom. The number of nitrogens with zero attached hydrogens (tertiary/aromatic N) is 2. The van der Waals surface area contributed by atoms with Crippen LogP contribution in [0.25, 0.3) is 5.69 Å². The second-order valence-corrected chi connectivity index (χ2v) is 6.57. The summed E-state index contributed by atoms with van der Waals surface area (Å²) in [5, 5.41) is 13.5. The average Bonchev–Trinajstić information content (AvgIpc) is 2.98. The van der Waals surface area contributed by atoms with Gasteiger partial charge in [-0.15, -0.1) is 0 Å². The number of aryl methyl sites for hydroxylation is 1. The molecule has 0 spiro atoms. The zero-order valence-electron chi connectivity index (χ0n) is 16.2. The number of hydrogen-bond acceptors (Lipinski definition) is 3. The number of benzene rings is 2. The number of carbonyl (C=O) groups is 1. The number of aromatic hydroxyl groups is 1. The van der Waals surface area contributed by atoms with E-state index in [-0.39, 0.29) is 39.9 Å². The van der Waals surface area contributed by atoms with E-state index in [0.717, 1.165) is 6.92 Å². The Bertz CT molecular complexity index is 1220. The number of rotatable bonds is 3. The minimum absolute atomic E-state index is 0. The summed E-state index contributed by atoms with van der Waals surface area (Å²) in [5.41, 5.74) is -9.72. The van der Waals surface area contributed by atoms with Gasteiger partial charge in [-0.1, -0.05) is 6.07 Å². The van der Waals surface area contributed by atoms with Gasteiger partial charge < -0.3 is 5.11 Å². The van der Waals surface area contributed by atoms with Crippen LogP contribution in [0.1, 0.15) is 32.7 Å². The topological polar surface area (TPSA) is 55.1 Å². The van der Waals surface area contributed by atoms with E-state index in [0.29, 0.717) is 6.07 Å². The Morgan fingerprint density at radius 1 is 0.882 bits per heavy atom. The molecule has 0 saturated carbocycles. The van der Waals surface area contributed by atoms with Gasteiger partial charge in [0.05, 0.1) is 16.8 Å². The van der Waals surface area contributed by atoms with Crippen LogP contribution in [-0.4, -0.2) is 20.7 Å². The third-order valence-electron chi connectivity index (χ3n) is 4.47. The molecule has 0 aliphatic rings. The molecule has 0 fully saturated rings.